The highest BCUT2D eigenvalue weighted by atomic mass is 16.6. The topological polar surface area (TPSA) is 159 Å². The first-order valence-electron chi connectivity index (χ1n) is 20.9. The van der Waals surface area contributed by atoms with Gasteiger partial charge in [0.2, 0.25) is 0 Å². The van der Waals surface area contributed by atoms with Gasteiger partial charge in [0.25, 0.3) is 0 Å². The van der Waals surface area contributed by atoms with Crippen LogP contribution >= 0.6 is 0 Å². The summed E-state index contributed by atoms with van der Waals surface area (Å²) in [5.74, 6) is -2.30. The number of esters is 5. The van der Waals surface area contributed by atoms with E-state index in [4.69, 9.17) is 37.9 Å². The second-order valence-corrected chi connectivity index (χ2v) is 14.3. The first-order valence-corrected chi connectivity index (χ1v) is 20.9. The van der Waals surface area contributed by atoms with Crippen molar-refractivity contribution >= 4 is 29.8 Å². The zero-order valence-electron chi connectivity index (χ0n) is 34.6. The second-order valence-electron chi connectivity index (χ2n) is 14.3. The molecule has 0 aliphatic heterocycles. The van der Waals surface area contributed by atoms with Crippen LogP contribution in [0.4, 0.5) is 0 Å². The monoisotopic (exact) mass is 822 g/mol. The Balaban J connectivity index is 1.52. The van der Waals surface area contributed by atoms with Crippen molar-refractivity contribution in [1.29, 1.82) is 0 Å². The average molecular weight is 823 g/mol. The molecule has 1 fully saturated rings. The molecule has 3 rings (SSSR count). The summed E-state index contributed by atoms with van der Waals surface area (Å²) in [7, 11) is 1.69. The lowest BCUT2D eigenvalue weighted by atomic mass is 9.87. The Hall–Kier alpha value is -5.01. The highest BCUT2D eigenvalue weighted by Crippen LogP contribution is 2.31. The summed E-state index contributed by atoms with van der Waals surface area (Å²) in [4.78, 5) is 62.1. The molecular weight excluding hydrogens is 760 g/mol. The van der Waals surface area contributed by atoms with Crippen molar-refractivity contribution < 1.29 is 61.9 Å². The third-order valence-electron chi connectivity index (χ3n) is 9.69. The van der Waals surface area contributed by atoms with E-state index in [1.54, 1.807) is 31.4 Å². The number of benzene rings is 2. The number of rotatable bonds is 30. The van der Waals surface area contributed by atoms with Gasteiger partial charge in [-0.15, -0.1) is 0 Å². The number of carbonyl (C=O) groups is 5. The van der Waals surface area contributed by atoms with Crippen LogP contribution in [0.5, 0.6) is 17.2 Å². The summed E-state index contributed by atoms with van der Waals surface area (Å²) in [5.41, 5.74) is 0.203. The third kappa shape index (κ3) is 20.0. The average Bonchev–Trinajstić information content (AvgIpc) is 3.25. The molecule has 2 aromatic carbocycles. The van der Waals surface area contributed by atoms with Crippen molar-refractivity contribution in [3.8, 4) is 17.2 Å². The van der Waals surface area contributed by atoms with E-state index in [0.717, 1.165) is 95.8 Å². The van der Waals surface area contributed by atoms with Crippen molar-refractivity contribution in [2.24, 2.45) is 5.92 Å². The van der Waals surface area contributed by atoms with Gasteiger partial charge >= 0.3 is 29.8 Å². The van der Waals surface area contributed by atoms with Crippen LogP contribution < -0.4 is 14.2 Å². The first kappa shape index (κ1) is 48.4. The fourth-order valence-corrected chi connectivity index (χ4v) is 6.30. The first-order chi connectivity index (χ1) is 28.7. The molecule has 0 heterocycles. The van der Waals surface area contributed by atoms with Gasteiger partial charge in [-0.25, -0.2) is 19.2 Å². The Morgan fingerprint density at radius 1 is 0.576 bits per heavy atom. The molecule has 1 aliphatic rings. The molecule has 0 N–H and O–H groups in total. The predicted molar refractivity (Wildman–Crippen MR) is 221 cm³/mol. The Bertz CT molecular complexity index is 1590. The summed E-state index contributed by atoms with van der Waals surface area (Å²) in [6.45, 7) is 9.47. The minimum atomic E-state index is -0.731. The number of hydrogen-bond acceptors (Lipinski definition) is 13. The lowest BCUT2D eigenvalue weighted by molar-refractivity contribution is -0.141. The molecule has 13 heteroatoms. The highest BCUT2D eigenvalue weighted by Gasteiger charge is 2.29. The molecule has 2 aromatic rings. The van der Waals surface area contributed by atoms with Crippen molar-refractivity contribution in [2.75, 3.05) is 46.8 Å². The van der Waals surface area contributed by atoms with E-state index >= 15 is 0 Å². The van der Waals surface area contributed by atoms with Crippen molar-refractivity contribution in [2.45, 2.75) is 109 Å². The minimum absolute atomic E-state index is 0.0357. The van der Waals surface area contributed by atoms with Gasteiger partial charge in [-0.3, -0.25) is 4.79 Å². The molecule has 0 atom stereocenters. The molecule has 0 unspecified atom stereocenters. The van der Waals surface area contributed by atoms with Crippen LogP contribution in [0.1, 0.15) is 123 Å². The van der Waals surface area contributed by atoms with Crippen LogP contribution in [-0.4, -0.2) is 82.7 Å². The number of unbranched alkanes of at least 4 members (excludes halogenated alkanes) is 9. The Kier molecular flexibility index (Phi) is 24.0. The Labute approximate surface area is 348 Å². The summed E-state index contributed by atoms with van der Waals surface area (Å²) in [5, 5.41) is 0. The molecule has 0 bridgehead atoms. The molecule has 0 aromatic heterocycles. The number of ether oxygens (including phenoxy) is 8. The number of methoxy groups -OCH3 is 1. The maximum atomic E-state index is 13.4. The standard InChI is InChI=1S/C46H62O13/c1-4-42(47)55-31-15-9-8-14-30-54-37-22-18-35(19-23-37)44(49)58-39-26-27-41(40(34-39)46(51)57-33-17-11-10-16-32-56-43(48)5-2)59-45(50)36-20-24-38(25-21-36)53-29-13-7-6-12-28-52-3/h4-5,20-21,24-27,34-35,37H,1-2,6-19,22-23,28-33H2,3H3. The summed E-state index contributed by atoms with van der Waals surface area (Å²) < 4.78 is 43.9. The van der Waals surface area contributed by atoms with E-state index in [9.17, 15) is 24.0 Å². The molecule has 1 saturated carbocycles. The fourth-order valence-electron chi connectivity index (χ4n) is 6.30. The van der Waals surface area contributed by atoms with Gasteiger partial charge in [-0.1, -0.05) is 26.0 Å². The Morgan fingerprint density at radius 2 is 1.10 bits per heavy atom. The van der Waals surface area contributed by atoms with Crippen molar-refractivity contribution in [1.82, 2.24) is 0 Å². The molecule has 0 saturated heterocycles. The van der Waals surface area contributed by atoms with Crippen LogP contribution in [0.15, 0.2) is 67.8 Å². The summed E-state index contributed by atoms with van der Waals surface area (Å²) in [6, 6.07) is 10.8. The van der Waals surface area contributed by atoms with E-state index in [1.165, 1.54) is 18.2 Å². The van der Waals surface area contributed by atoms with Gasteiger partial charge in [0.15, 0.2) is 0 Å². The second kappa shape index (κ2) is 29.2. The van der Waals surface area contributed by atoms with Gasteiger partial charge in [0.1, 0.15) is 22.8 Å². The summed E-state index contributed by atoms with van der Waals surface area (Å²) >= 11 is 0. The lowest BCUT2D eigenvalue weighted by Gasteiger charge is -2.27. The molecule has 0 amide bonds. The number of carbonyl (C=O) groups excluding carboxylic acids is 5. The quantitative estimate of drug-likeness (QED) is 0.0242. The van der Waals surface area contributed by atoms with Crippen LogP contribution in [-0.2, 0) is 38.1 Å². The zero-order chi connectivity index (χ0) is 42.5. The van der Waals surface area contributed by atoms with Gasteiger partial charge in [0.05, 0.1) is 44.0 Å². The van der Waals surface area contributed by atoms with Crippen LogP contribution in [0, 0.1) is 5.92 Å². The molecular formula is C46H62O13. The molecule has 1 aliphatic carbocycles. The van der Waals surface area contributed by atoms with Gasteiger partial charge in [0, 0.05) is 32.5 Å². The molecule has 324 valence electrons. The molecule has 59 heavy (non-hydrogen) atoms. The lowest BCUT2D eigenvalue weighted by Crippen LogP contribution is -2.29. The summed E-state index contributed by atoms with van der Waals surface area (Å²) in [6.07, 6.45) is 15.4. The third-order valence-corrected chi connectivity index (χ3v) is 9.69. The van der Waals surface area contributed by atoms with Crippen LogP contribution in [0.25, 0.3) is 0 Å². The normalized spacial score (nSPS) is 14.7. The number of hydrogen-bond donors (Lipinski definition) is 0. The largest absolute Gasteiger partial charge is 0.494 e. The van der Waals surface area contributed by atoms with Crippen LogP contribution in [0.3, 0.4) is 0 Å². The van der Waals surface area contributed by atoms with E-state index in [-0.39, 0.29) is 47.9 Å². The van der Waals surface area contributed by atoms with Gasteiger partial charge < -0.3 is 37.9 Å². The van der Waals surface area contributed by atoms with E-state index in [0.29, 0.717) is 51.3 Å². The smallest absolute Gasteiger partial charge is 0.343 e. The van der Waals surface area contributed by atoms with E-state index < -0.39 is 29.8 Å². The van der Waals surface area contributed by atoms with E-state index in [2.05, 4.69) is 13.2 Å². The Morgan fingerprint density at radius 3 is 1.68 bits per heavy atom. The maximum absolute atomic E-state index is 13.4. The molecule has 13 nitrogen and oxygen atoms in total. The fraction of sp³-hybridized carbons (Fsp3) is 0.543. The van der Waals surface area contributed by atoms with Gasteiger partial charge in [-0.2, -0.15) is 0 Å². The molecule has 0 spiro atoms. The zero-order valence-corrected chi connectivity index (χ0v) is 34.6. The van der Waals surface area contributed by atoms with Crippen molar-refractivity contribution in [3.05, 3.63) is 78.9 Å². The van der Waals surface area contributed by atoms with Crippen molar-refractivity contribution in [3.63, 3.8) is 0 Å². The van der Waals surface area contributed by atoms with Crippen LogP contribution in [0.2, 0.25) is 0 Å². The van der Waals surface area contributed by atoms with Gasteiger partial charge in [-0.05, 0) is 132 Å². The SMILES string of the molecule is C=CC(=O)OCCCCCCOC(=O)c1cc(OC(=O)C2CCC(OCCCCCCOC(=O)C=C)CC2)ccc1OC(=O)c1ccc(OCCCCCCOC)cc1. The predicted octanol–water partition coefficient (Wildman–Crippen LogP) is 8.71. The highest BCUT2D eigenvalue weighted by molar-refractivity contribution is 5.97. The van der Waals surface area contributed by atoms with E-state index in [1.807, 2.05) is 0 Å². The molecule has 0 radical (unpaired) electrons. The minimum Gasteiger partial charge on any atom is -0.494 e. The maximum Gasteiger partial charge on any atom is 0.343 e.